The molecule has 0 bridgehead atoms. The fourth-order valence-corrected chi connectivity index (χ4v) is 2.89. The molecular weight excluding hydrogens is 210 g/mol. The molecule has 1 fully saturated rings. The number of rotatable bonds is 5. The summed E-state index contributed by atoms with van der Waals surface area (Å²) in [6.07, 6.45) is 1.19. The molecular formula is C15H23NO. The van der Waals surface area contributed by atoms with Gasteiger partial charge >= 0.3 is 0 Å². The Hall–Kier alpha value is -0.860. The van der Waals surface area contributed by atoms with E-state index in [0.717, 1.165) is 19.8 Å². The van der Waals surface area contributed by atoms with E-state index in [0.29, 0.717) is 5.92 Å². The molecule has 0 aromatic heterocycles. The lowest BCUT2D eigenvalue weighted by atomic mass is 9.67. The van der Waals surface area contributed by atoms with Crippen molar-refractivity contribution in [3.05, 3.63) is 35.4 Å². The van der Waals surface area contributed by atoms with Crippen LogP contribution in [-0.4, -0.2) is 26.8 Å². The molecule has 0 radical (unpaired) electrons. The van der Waals surface area contributed by atoms with Crippen LogP contribution in [-0.2, 0) is 10.2 Å². The van der Waals surface area contributed by atoms with Gasteiger partial charge in [0.15, 0.2) is 0 Å². The fraction of sp³-hybridized carbons (Fsp3) is 0.600. The fourth-order valence-electron chi connectivity index (χ4n) is 2.89. The Morgan fingerprint density at radius 2 is 2.18 bits per heavy atom. The van der Waals surface area contributed by atoms with Crippen LogP contribution in [0.1, 0.15) is 24.5 Å². The summed E-state index contributed by atoms with van der Waals surface area (Å²) in [4.78, 5) is 0. The average molecular weight is 233 g/mol. The van der Waals surface area contributed by atoms with Gasteiger partial charge in [-0.25, -0.2) is 0 Å². The highest BCUT2D eigenvalue weighted by molar-refractivity contribution is 5.32. The highest BCUT2D eigenvalue weighted by Crippen LogP contribution is 2.41. The van der Waals surface area contributed by atoms with Crippen molar-refractivity contribution in [1.82, 2.24) is 5.32 Å². The van der Waals surface area contributed by atoms with Gasteiger partial charge < -0.3 is 10.1 Å². The molecule has 2 heteroatoms. The van der Waals surface area contributed by atoms with Crippen LogP contribution in [0.25, 0.3) is 0 Å². The van der Waals surface area contributed by atoms with Gasteiger partial charge in [0.25, 0.3) is 0 Å². The first-order chi connectivity index (χ1) is 8.23. The Kier molecular flexibility index (Phi) is 3.85. The third kappa shape index (κ3) is 2.24. The van der Waals surface area contributed by atoms with Gasteiger partial charge in [-0.05, 0) is 32.0 Å². The van der Waals surface area contributed by atoms with Gasteiger partial charge in [0.05, 0.1) is 13.2 Å². The number of ether oxygens (including phenoxy) is 1. The molecule has 1 aliphatic rings. The molecule has 1 heterocycles. The first-order valence-electron chi connectivity index (χ1n) is 6.52. The van der Waals surface area contributed by atoms with Crippen LogP contribution in [0.3, 0.4) is 0 Å². The quantitative estimate of drug-likeness (QED) is 0.843. The van der Waals surface area contributed by atoms with E-state index in [1.165, 1.54) is 17.5 Å². The van der Waals surface area contributed by atoms with Crippen molar-refractivity contribution in [2.75, 3.05) is 26.8 Å². The summed E-state index contributed by atoms with van der Waals surface area (Å²) in [6.45, 7) is 7.24. The van der Waals surface area contributed by atoms with E-state index in [1.54, 1.807) is 0 Å². The lowest BCUT2D eigenvalue weighted by Crippen LogP contribution is -2.54. The predicted octanol–water partition coefficient (Wildman–Crippen LogP) is 2.51. The summed E-state index contributed by atoms with van der Waals surface area (Å²) in [5.74, 6) is 0.656. The molecule has 2 rings (SSSR count). The van der Waals surface area contributed by atoms with Gasteiger partial charge in [-0.2, -0.15) is 0 Å². The Balaban J connectivity index is 2.30. The third-order valence-electron chi connectivity index (χ3n) is 4.04. The summed E-state index contributed by atoms with van der Waals surface area (Å²) in [5.41, 5.74) is 3.03. The van der Waals surface area contributed by atoms with Crippen LogP contribution in [0, 0.1) is 12.8 Å². The molecule has 1 saturated heterocycles. The van der Waals surface area contributed by atoms with Crippen molar-refractivity contribution in [2.24, 2.45) is 5.92 Å². The smallest absolute Gasteiger partial charge is 0.0588 e. The molecule has 0 aliphatic carbocycles. The Labute approximate surface area is 104 Å². The van der Waals surface area contributed by atoms with Crippen molar-refractivity contribution in [3.63, 3.8) is 0 Å². The van der Waals surface area contributed by atoms with Crippen LogP contribution in [0.2, 0.25) is 0 Å². The topological polar surface area (TPSA) is 21.3 Å². The van der Waals surface area contributed by atoms with Crippen LogP contribution in [0.4, 0.5) is 0 Å². The van der Waals surface area contributed by atoms with Gasteiger partial charge in [-0.3, -0.25) is 0 Å². The molecule has 0 spiro atoms. The normalized spacial score (nSPS) is 19.7. The first-order valence-corrected chi connectivity index (χ1v) is 6.52. The van der Waals surface area contributed by atoms with Gasteiger partial charge in [0, 0.05) is 5.41 Å². The predicted molar refractivity (Wildman–Crippen MR) is 71.4 cm³/mol. The summed E-state index contributed by atoms with van der Waals surface area (Å²) in [7, 11) is 2.03. The average Bonchev–Trinajstić information content (AvgIpc) is 2.26. The van der Waals surface area contributed by atoms with Gasteiger partial charge in [0.1, 0.15) is 0 Å². The lowest BCUT2D eigenvalue weighted by molar-refractivity contribution is -0.0910. The van der Waals surface area contributed by atoms with Crippen molar-refractivity contribution >= 4 is 0 Å². The van der Waals surface area contributed by atoms with Crippen molar-refractivity contribution in [3.8, 4) is 0 Å². The number of hydrogen-bond acceptors (Lipinski definition) is 2. The van der Waals surface area contributed by atoms with E-state index in [4.69, 9.17) is 4.74 Å². The summed E-state index contributed by atoms with van der Waals surface area (Å²) in [5, 5.41) is 3.32. The second-order valence-corrected chi connectivity index (χ2v) is 5.18. The van der Waals surface area contributed by atoms with E-state index >= 15 is 0 Å². The first kappa shape index (κ1) is 12.6. The molecule has 1 aromatic rings. The van der Waals surface area contributed by atoms with E-state index in [2.05, 4.69) is 43.4 Å². The van der Waals surface area contributed by atoms with Gasteiger partial charge in [-0.15, -0.1) is 0 Å². The molecule has 0 saturated carbocycles. The minimum atomic E-state index is 0.240. The maximum atomic E-state index is 5.53. The SMILES string of the molecule is CCC(CNC)C1(c2cccc(C)c2)COC1. The highest BCUT2D eigenvalue weighted by Gasteiger charge is 2.45. The summed E-state index contributed by atoms with van der Waals surface area (Å²) in [6, 6.07) is 8.90. The van der Waals surface area contributed by atoms with Crippen molar-refractivity contribution < 1.29 is 4.74 Å². The maximum absolute atomic E-state index is 5.53. The molecule has 17 heavy (non-hydrogen) atoms. The van der Waals surface area contributed by atoms with Crippen LogP contribution >= 0.6 is 0 Å². The molecule has 2 nitrogen and oxygen atoms in total. The lowest BCUT2D eigenvalue weighted by Gasteiger charge is -2.47. The minimum absolute atomic E-state index is 0.240. The molecule has 1 unspecified atom stereocenters. The number of hydrogen-bond donors (Lipinski definition) is 1. The van der Waals surface area contributed by atoms with E-state index in [1.807, 2.05) is 7.05 Å². The second-order valence-electron chi connectivity index (χ2n) is 5.18. The van der Waals surface area contributed by atoms with Crippen molar-refractivity contribution in [1.29, 1.82) is 0 Å². The van der Waals surface area contributed by atoms with E-state index < -0.39 is 0 Å². The molecule has 1 aromatic carbocycles. The van der Waals surface area contributed by atoms with Crippen LogP contribution < -0.4 is 5.32 Å². The Bertz CT molecular complexity index is 371. The zero-order valence-corrected chi connectivity index (χ0v) is 11.1. The van der Waals surface area contributed by atoms with Gasteiger partial charge in [-0.1, -0.05) is 43.2 Å². The standard InChI is InChI=1S/C15H23NO/c1-4-13(9-16-3)15(10-17-11-15)14-7-5-6-12(2)8-14/h5-8,13,16H,4,9-11H2,1-3H3. The van der Waals surface area contributed by atoms with Crippen LogP contribution in [0.15, 0.2) is 24.3 Å². The molecule has 1 atom stereocenters. The summed E-state index contributed by atoms with van der Waals surface area (Å²) < 4.78 is 5.53. The molecule has 1 aliphatic heterocycles. The maximum Gasteiger partial charge on any atom is 0.0588 e. The van der Waals surface area contributed by atoms with Crippen molar-refractivity contribution in [2.45, 2.75) is 25.7 Å². The highest BCUT2D eigenvalue weighted by atomic mass is 16.5. The van der Waals surface area contributed by atoms with E-state index in [-0.39, 0.29) is 5.41 Å². The third-order valence-corrected chi connectivity index (χ3v) is 4.04. The minimum Gasteiger partial charge on any atom is -0.379 e. The monoisotopic (exact) mass is 233 g/mol. The summed E-state index contributed by atoms with van der Waals surface area (Å²) >= 11 is 0. The second kappa shape index (κ2) is 5.19. The van der Waals surface area contributed by atoms with Crippen LogP contribution in [0.5, 0.6) is 0 Å². The zero-order valence-electron chi connectivity index (χ0n) is 11.1. The van der Waals surface area contributed by atoms with E-state index in [9.17, 15) is 0 Å². The van der Waals surface area contributed by atoms with Gasteiger partial charge in [0.2, 0.25) is 0 Å². The largest absolute Gasteiger partial charge is 0.379 e. The molecule has 0 amide bonds. The number of aryl methyl sites for hydroxylation is 1. The zero-order chi connectivity index (χ0) is 12.3. The molecule has 94 valence electrons. The Morgan fingerprint density at radius 1 is 1.41 bits per heavy atom. The molecule has 1 N–H and O–H groups in total. The number of benzene rings is 1. The number of nitrogens with one attached hydrogen (secondary N) is 1. The Morgan fingerprint density at radius 3 is 2.65 bits per heavy atom.